The quantitative estimate of drug-likeness (QED) is 0.540. The minimum Gasteiger partial charge on any atom is -0.382 e. The van der Waals surface area contributed by atoms with E-state index in [0.29, 0.717) is 0 Å². The molecule has 0 saturated heterocycles. The van der Waals surface area contributed by atoms with Gasteiger partial charge in [-0.25, -0.2) is 0 Å². The third kappa shape index (κ3) is 9.92. The first-order valence-corrected chi connectivity index (χ1v) is 5.20. The van der Waals surface area contributed by atoms with Gasteiger partial charge in [0, 0.05) is 13.2 Å². The summed E-state index contributed by atoms with van der Waals surface area (Å²) >= 11 is 0. The topological polar surface area (TPSA) is 21.3 Å². The highest BCUT2D eigenvalue weighted by Crippen LogP contribution is 1.90. The smallest absolute Gasteiger partial charge is 0.0477 e. The Balaban J connectivity index is 2.73. The molecule has 0 amide bonds. The molecule has 0 unspecified atom stereocenters. The lowest BCUT2D eigenvalue weighted by Gasteiger charge is -2.03. The van der Waals surface area contributed by atoms with Gasteiger partial charge < -0.3 is 10.1 Å². The van der Waals surface area contributed by atoms with Gasteiger partial charge in [-0.3, -0.25) is 0 Å². The van der Waals surface area contributed by atoms with Crippen LogP contribution < -0.4 is 5.32 Å². The van der Waals surface area contributed by atoms with Crippen molar-refractivity contribution in [2.24, 2.45) is 0 Å². The Bertz CT molecular complexity index is 66.2. The molecule has 2 heteroatoms. The molecule has 0 aliphatic carbocycles. The summed E-state index contributed by atoms with van der Waals surface area (Å²) in [7, 11) is 0. The minimum atomic E-state index is 0.843. The molecule has 0 spiro atoms. The van der Waals surface area contributed by atoms with Crippen LogP contribution in [0.3, 0.4) is 0 Å². The first kappa shape index (κ1) is 11.9. The number of hydrogen-bond donors (Lipinski definition) is 1. The van der Waals surface area contributed by atoms with Gasteiger partial charge >= 0.3 is 0 Å². The van der Waals surface area contributed by atoms with Crippen molar-refractivity contribution in [1.29, 1.82) is 0 Å². The number of nitrogens with one attached hydrogen (secondary N) is 1. The average molecular weight is 173 g/mol. The maximum atomic E-state index is 5.22. The predicted molar refractivity (Wildman–Crippen MR) is 53.5 cm³/mol. The van der Waals surface area contributed by atoms with E-state index in [4.69, 9.17) is 4.74 Å². The third-order valence-electron chi connectivity index (χ3n) is 1.80. The molecule has 0 radical (unpaired) electrons. The van der Waals surface area contributed by atoms with Gasteiger partial charge in [0.2, 0.25) is 0 Å². The molecule has 0 bridgehead atoms. The number of unbranched alkanes of at least 4 members (excludes halogenated alkanes) is 2. The molecule has 0 rings (SSSR count). The highest BCUT2D eigenvalue weighted by atomic mass is 16.5. The lowest BCUT2D eigenvalue weighted by molar-refractivity contribution is 0.145. The van der Waals surface area contributed by atoms with Crippen molar-refractivity contribution < 1.29 is 4.74 Å². The van der Waals surface area contributed by atoms with Crippen LogP contribution >= 0.6 is 0 Å². The third-order valence-corrected chi connectivity index (χ3v) is 1.80. The first-order valence-electron chi connectivity index (χ1n) is 5.20. The first-order chi connectivity index (χ1) is 5.91. The Morgan fingerprint density at radius 3 is 2.42 bits per heavy atom. The average Bonchev–Trinajstić information content (AvgIpc) is 2.10. The fraction of sp³-hybridized carbons (Fsp3) is 1.00. The molecule has 0 aliphatic heterocycles. The molecular weight excluding hydrogens is 150 g/mol. The zero-order valence-electron chi connectivity index (χ0n) is 8.57. The second-order valence-corrected chi connectivity index (χ2v) is 3.01. The van der Waals surface area contributed by atoms with Gasteiger partial charge in [0.25, 0.3) is 0 Å². The van der Waals surface area contributed by atoms with Crippen molar-refractivity contribution in [3.63, 3.8) is 0 Å². The van der Waals surface area contributed by atoms with Crippen molar-refractivity contribution in [2.45, 2.75) is 39.5 Å². The summed E-state index contributed by atoms with van der Waals surface area (Å²) in [6, 6.07) is 0. The summed E-state index contributed by atoms with van der Waals surface area (Å²) in [5.41, 5.74) is 0. The largest absolute Gasteiger partial charge is 0.382 e. The molecule has 0 heterocycles. The highest BCUT2D eigenvalue weighted by Gasteiger charge is 1.88. The fourth-order valence-electron chi connectivity index (χ4n) is 1.07. The molecule has 1 N–H and O–H groups in total. The van der Waals surface area contributed by atoms with Gasteiger partial charge in [0.1, 0.15) is 0 Å². The van der Waals surface area contributed by atoms with Crippen LogP contribution in [-0.2, 0) is 4.74 Å². The van der Waals surface area contributed by atoms with Crippen LogP contribution in [0.15, 0.2) is 0 Å². The molecule has 0 aromatic rings. The number of hydrogen-bond acceptors (Lipinski definition) is 2. The fourth-order valence-corrected chi connectivity index (χ4v) is 1.07. The zero-order valence-corrected chi connectivity index (χ0v) is 8.57. The number of ether oxygens (including phenoxy) is 1. The second kappa shape index (κ2) is 10.9. The Morgan fingerprint density at radius 1 is 1.00 bits per heavy atom. The van der Waals surface area contributed by atoms with Crippen molar-refractivity contribution in [2.75, 3.05) is 26.3 Å². The molecule has 0 saturated carbocycles. The van der Waals surface area contributed by atoms with Crippen molar-refractivity contribution >= 4 is 0 Å². The standard InChI is InChI=1S/C10H23NO/c1-3-5-6-8-11-9-7-10-12-4-2/h11H,3-10H2,1-2H3. The van der Waals surface area contributed by atoms with Gasteiger partial charge in [0.05, 0.1) is 0 Å². The molecular formula is C10H23NO. The SMILES string of the molecule is CCCCCNCCCOCC. The summed E-state index contributed by atoms with van der Waals surface area (Å²) in [6.45, 7) is 8.28. The van der Waals surface area contributed by atoms with Gasteiger partial charge in [-0.15, -0.1) is 0 Å². The Hall–Kier alpha value is -0.0800. The monoisotopic (exact) mass is 173 g/mol. The molecule has 0 atom stereocenters. The van der Waals surface area contributed by atoms with E-state index in [1.54, 1.807) is 0 Å². The molecule has 74 valence electrons. The second-order valence-electron chi connectivity index (χ2n) is 3.01. The van der Waals surface area contributed by atoms with Crippen LogP contribution in [-0.4, -0.2) is 26.3 Å². The van der Waals surface area contributed by atoms with E-state index in [1.165, 1.54) is 25.8 Å². The van der Waals surface area contributed by atoms with E-state index < -0.39 is 0 Å². The van der Waals surface area contributed by atoms with E-state index in [-0.39, 0.29) is 0 Å². The Morgan fingerprint density at radius 2 is 1.75 bits per heavy atom. The summed E-state index contributed by atoms with van der Waals surface area (Å²) in [5.74, 6) is 0. The van der Waals surface area contributed by atoms with Crippen LogP contribution in [0.2, 0.25) is 0 Å². The Kier molecular flexibility index (Phi) is 10.8. The highest BCUT2D eigenvalue weighted by molar-refractivity contribution is 4.47. The van der Waals surface area contributed by atoms with Crippen LogP contribution in [0.4, 0.5) is 0 Å². The lowest BCUT2D eigenvalue weighted by atomic mass is 10.2. The molecule has 0 fully saturated rings. The maximum absolute atomic E-state index is 5.22. The zero-order chi connectivity index (χ0) is 9.07. The van der Waals surface area contributed by atoms with Gasteiger partial charge in [-0.05, 0) is 32.9 Å². The molecule has 0 aromatic heterocycles. The van der Waals surface area contributed by atoms with Crippen molar-refractivity contribution in [1.82, 2.24) is 5.32 Å². The van der Waals surface area contributed by atoms with Gasteiger partial charge in [-0.1, -0.05) is 19.8 Å². The number of rotatable bonds is 9. The molecule has 0 aliphatic rings. The summed E-state index contributed by atoms with van der Waals surface area (Å²) in [4.78, 5) is 0. The summed E-state index contributed by atoms with van der Waals surface area (Å²) in [6.07, 6.45) is 5.10. The van der Waals surface area contributed by atoms with E-state index in [1.807, 2.05) is 6.92 Å². The van der Waals surface area contributed by atoms with Crippen LogP contribution in [0.5, 0.6) is 0 Å². The van der Waals surface area contributed by atoms with Crippen LogP contribution in [0.1, 0.15) is 39.5 Å². The van der Waals surface area contributed by atoms with E-state index in [2.05, 4.69) is 12.2 Å². The Labute approximate surface area is 76.7 Å². The summed E-state index contributed by atoms with van der Waals surface area (Å²) in [5, 5.41) is 3.40. The lowest BCUT2D eigenvalue weighted by Crippen LogP contribution is -2.18. The van der Waals surface area contributed by atoms with E-state index >= 15 is 0 Å². The van der Waals surface area contributed by atoms with Crippen LogP contribution in [0.25, 0.3) is 0 Å². The molecule has 0 aromatic carbocycles. The van der Waals surface area contributed by atoms with Crippen molar-refractivity contribution in [3.8, 4) is 0 Å². The predicted octanol–water partition coefficient (Wildman–Crippen LogP) is 2.19. The van der Waals surface area contributed by atoms with Gasteiger partial charge in [0.15, 0.2) is 0 Å². The van der Waals surface area contributed by atoms with Crippen molar-refractivity contribution in [3.05, 3.63) is 0 Å². The van der Waals surface area contributed by atoms with Crippen LogP contribution in [0, 0.1) is 0 Å². The molecule has 12 heavy (non-hydrogen) atoms. The van der Waals surface area contributed by atoms with E-state index in [9.17, 15) is 0 Å². The van der Waals surface area contributed by atoms with Gasteiger partial charge in [-0.2, -0.15) is 0 Å². The normalized spacial score (nSPS) is 10.5. The maximum Gasteiger partial charge on any atom is 0.0477 e. The summed E-state index contributed by atoms with van der Waals surface area (Å²) < 4.78 is 5.22. The molecule has 2 nitrogen and oxygen atoms in total. The minimum absolute atomic E-state index is 0.843. The van der Waals surface area contributed by atoms with E-state index in [0.717, 1.165) is 26.2 Å².